The van der Waals surface area contributed by atoms with E-state index in [0.717, 1.165) is 24.0 Å². The van der Waals surface area contributed by atoms with Gasteiger partial charge in [0.1, 0.15) is 12.6 Å². The summed E-state index contributed by atoms with van der Waals surface area (Å²) >= 11 is 0. The Balaban J connectivity index is 2.91. The zero-order valence-corrected chi connectivity index (χ0v) is 10.1. The summed E-state index contributed by atoms with van der Waals surface area (Å²) in [5, 5.41) is 0. The number of nitrogens with zero attached hydrogens (tertiary/aromatic N) is 1. The van der Waals surface area contributed by atoms with Crippen LogP contribution in [0.15, 0.2) is 12.1 Å². The predicted molar refractivity (Wildman–Crippen MR) is 63.6 cm³/mol. The van der Waals surface area contributed by atoms with Gasteiger partial charge in [-0.15, -0.1) is 0 Å². The lowest BCUT2D eigenvalue weighted by atomic mass is 10.1. The van der Waals surface area contributed by atoms with E-state index in [2.05, 4.69) is 4.57 Å². The van der Waals surface area contributed by atoms with Gasteiger partial charge in [0.15, 0.2) is 0 Å². The van der Waals surface area contributed by atoms with Crippen molar-refractivity contribution < 1.29 is 9.59 Å². The summed E-state index contributed by atoms with van der Waals surface area (Å²) in [4.78, 5) is 21.0. The molecule has 88 valence electrons. The summed E-state index contributed by atoms with van der Waals surface area (Å²) in [5.74, 6) is 0.472. The minimum absolute atomic E-state index is 0.236. The van der Waals surface area contributed by atoms with Crippen molar-refractivity contribution >= 4 is 12.6 Å². The van der Waals surface area contributed by atoms with Crippen LogP contribution in [0.3, 0.4) is 0 Å². The van der Waals surface area contributed by atoms with E-state index in [4.69, 9.17) is 0 Å². The molecule has 0 unspecified atom stereocenters. The van der Waals surface area contributed by atoms with Crippen molar-refractivity contribution in [3.05, 3.63) is 23.5 Å². The second kappa shape index (κ2) is 5.64. The van der Waals surface area contributed by atoms with Gasteiger partial charge in [-0.05, 0) is 12.1 Å². The molecule has 0 aliphatic heterocycles. The molecule has 0 fully saturated rings. The van der Waals surface area contributed by atoms with Crippen LogP contribution in [0.1, 0.15) is 49.9 Å². The Bertz CT molecular complexity index is 335. The molecule has 0 saturated heterocycles. The van der Waals surface area contributed by atoms with Crippen molar-refractivity contribution in [3.63, 3.8) is 0 Å². The highest BCUT2D eigenvalue weighted by molar-refractivity contribution is 5.52. The maximum absolute atomic E-state index is 10.5. The first-order chi connectivity index (χ1) is 7.61. The smallest absolute Gasteiger partial charge is 0.120 e. The molecule has 0 radical (unpaired) electrons. The molecule has 16 heavy (non-hydrogen) atoms. The maximum atomic E-state index is 10.5. The van der Waals surface area contributed by atoms with E-state index in [9.17, 15) is 9.59 Å². The average molecular weight is 221 g/mol. The lowest BCUT2D eigenvalue weighted by Crippen LogP contribution is -2.07. The average Bonchev–Trinajstić information content (AvgIpc) is 2.61. The summed E-state index contributed by atoms with van der Waals surface area (Å²) < 4.78 is 2.10. The van der Waals surface area contributed by atoms with Crippen LogP contribution in [-0.2, 0) is 16.6 Å². The van der Waals surface area contributed by atoms with Crippen molar-refractivity contribution in [1.29, 1.82) is 0 Å². The Kier molecular flexibility index (Phi) is 4.47. The van der Waals surface area contributed by atoms with Gasteiger partial charge in [-0.2, -0.15) is 0 Å². The van der Waals surface area contributed by atoms with Crippen LogP contribution >= 0.6 is 0 Å². The SMILES string of the molecule is C[C@H](CC=O)c1ccc([C@H](C)CC=O)n1C. The number of aldehydes is 2. The largest absolute Gasteiger partial charge is 0.351 e. The van der Waals surface area contributed by atoms with E-state index in [1.165, 1.54) is 0 Å². The first-order valence-electron chi connectivity index (χ1n) is 5.64. The molecule has 0 aliphatic carbocycles. The molecular formula is C13H19NO2. The lowest BCUT2D eigenvalue weighted by Gasteiger charge is -2.14. The van der Waals surface area contributed by atoms with Crippen molar-refractivity contribution in [1.82, 2.24) is 4.57 Å². The highest BCUT2D eigenvalue weighted by atomic mass is 16.1. The maximum Gasteiger partial charge on any atom is 0.120 e. The van der Waals surface area contributed by atoms with Crippen molar-refractivity contribution in [2.45, 2.75) is 38.5 Å². The minimum Gasteiger partial charge on any atom is -0.351 e. The molecule has 0 bridgehead atoms. The second-order valence-corrected chi connectivity index (χ2v) is 4.35. The molecule has 2 atom stereocenters. The van der Waals surface area contributed by atoms with E-state index in [0.29, 0.717) is 12.8 Å². The Hall–Kier alpha value is -1.38. The van der Waals surface area contributed by atoms with Crippen molar-refractivity contribution in [3.8, 4) is 0 Å². The summed E-state index contributed by atoms with van der Waals surface area (Å²) in [6.07, 6.45) is 2.98. The summed E-state index contributed by atoms with van der Waals surface area (Å²) in [6.45, 7) is 4.08. The number of hydrogen-bond acceptors (Lipinski definition) is 2. The van der Waals surface area contributed by atoms with Gasteiger partial charge < -0.3 is 14.2 Å². The van der Waals surface area contributed by atoms with E-state index >= 15 is 0 Å². The molecule has 0 N–H and O–H groups in total. The third kappa shape index (κ3) is 2.60. The highest BCUT2D eigenvalue weighted by Gasteiger charge is 2.14. The number of aromatic nitrogens is 1. The molecule has 0 spiro atoms. The van der Waals surface area contributed by atoms with Crippen molar-refractivity contribution in [2.24, 2.45) is 7.05 Å². The van der Waals surface area contributed by atoms with Crippen LogP contribution in [-0.4, -0.2) is 17.1 Å². The highest BCUT2D eigenvalue weighted by Crippen LogP contribution is 2.25. The van der Waals surface area contributed by atoms with E-state index in [1.807, 2.05) is 33.0 Å². The summed E-state index contributed by atoms with van der Waals surface area (Å²) in [7, 11) is 1.99. The van der Waals surface area contributed by atoms with Crippen LogP contribution in [0.25, 0.3) is 0 Å². The summed E-state index contributed by atoms with van der Waals surface area (Å²) in [5.41, 5.74) is 2.31. The van der Waals surface area contributed by atoms with Gasteiger partial charge in [0.05, 0.1) is 0 Å². The zero-order valence-electron chi connectivity index (χ0n) is 10.1. The number of rotatable bonds is 6. The van der Waals surface area contributed by atoms with Gasteiger partial charge in [-0.3, -0.25) is 0 Å². The normalized spacial score (nSPS) is 14.4. The van der Waals surface area contributed by atoms with Gasteiger partial charge in [0.2, 0.25) is 0 Å². The van der Waals surface area contributed by atoms with Gasteiger partial charge in [0.25, 0.3) is 0 Å². The standard InChI is InChI=1S/C13H19NO2/c1-10(6-8-15)12-4-5-13(14(12)3)11(2)7-9-16/h4-5,8-11H,6-7H2,1-3H3/t10-,11-/m1/s1. The van der Waals surface area contributed by atoms with Crippen molar-refractivity contribution in [2.75, 3.05) is 0 Å². The third-order valence-corrected chi connectivity index (χ3v) is 3.11. The van der Waals surface area contributed by atoms with E-state index < -0.39 is 0 Å². The van der Waals surface area contributed by atoms with Gasteiger partial charge >= 0.3 is 0 Å². The first kappa shape index (κ1) is 12.7. The van der Waals surface area contributed by atoms with Gasteiger partial charge in [-0.1, -0.05) is 13.8 Å². The fourth-order valence-corrected chi connectivity index (χ4v) is 2.06. The molecule has 1 aromatic rings. The van der Waals surface area contributed by atoms with Gasteiger partial charge in [-0.25, -0.2) is 0 Å². The Labute approximate surface area is 96.5 Å². The minimum atomic E-state index is 0.236. The molecule has 0 amide bonds. The zero-order chi connectivity index (χ0) is 12.1. The van der Waals surface area contributed by atoms with Crippen LogP contribution < -0.4 is 0 Å². The molecule has 1 aromatic heterocycles. The van der Waals surface area contributed by atoms with Crippen LogP contribution in [0.5, 0.6) is 0 Å². The number of carbonyl (C=O) groups excluding carboxylic acids is 2. The molecule has 1 heterocycles. The predicted octanol–water partition coefficient (Wildman–Crippen LogP) is 2.41. The van der Waals surface area contributed by atoms with Crippen LogP contribution in [0.2, 0.25) is 0 Å². The van der Waals surface area contributed by atoms with Crippen LogP contribution in [0.4, 0.5) is 0 Å². The monoisotopic (exact) mass is 221 g/mol. The molecule has 0 aromatic carbocycles. The molecule has 3 nitrogen and oxygen atoms in total. The molecule has 0 saturated carbocycles. The fraction of sp³-hybridized carbons (Fsp3) is 0.538. The third-order valence-electron chi connectivity index (χ3n) is 3.11. The lowest BCUT2D eigenvalue weighted by molar-refractivity contribution is -0.108. The van der Waals surface area contributed by atoms with Crippen LogP contribution in [0, 0.1) is 0 Å². The Morgan fingerprint density at radius 2 is 1.44 bits per heavy atom. The molecular weight excluding hydrogens is 202 g/mol. The Morgan fingerprint density at radius 1 is 1.06 bits per heavy atom. The quantitative estimate of drug-likeness (QED) is 0.692. The molecule has 1 rings (SSSR count). The fourth-order valence-electron chi connectivity index (χ4n) is 2.06. The van der Waals surface area contributed by atoms with E-state index in [-0.39, 0.29) is 11.8 Å². The van der Waals surface area contributed by atoms with Gasteiger partial charge in [0, 0.05) is 43.1 Å². The molecule has 0 aliphatic rings. The van der Waals surface area contributed by atoms with E-state index in [1.54, 1.807) is 0 Å². The first-order valence-corrected chi connectivity index (χ1v) is 5.64. The summed E-state index contributed by atoms with van der Waals surface area (Å²) in [6, 6.07) is 4.09. The Morgan fingerprint density at radius 3 is 1.75 bits per heavy atom. The number of hydrogen-bond donors (Lipinski definition) is 0. The number of carbonyl (C=O) groups is 2. The molecule has 3 heteroatoms. The second-order valence-electron chi connectivity index (χ2n) is 4.35. The topological polar surface area (TPSA) is 39.1 Å².